The van der Waals surface area contributed by atoms with E-state index in [0.29, 0.717) is 11.3 Å². The lowest BCUT2D eigenvalue weighted by Gasteiger charge is -2.11. The maximum Gasteiger partial charge on any atom is 0.416 e. The van der Waals surface area contributed by atoms with Crippen LogP contribution in [0.15, 0.2) is 36.4 Å². The number of hydrogen-bond acceptors (Lipinski definition) is 3. The summed E-state index contributed by atoms with van der Waals surface area (Å²) in [4.78, 5) is 4.25. The number of halogens is 3. The number of aryl methyl sites for hydroxylation is 1. The Balaban J connectivity index is 2.30. The molecule has 0 saturated carbocycles. The van der Waals surface area contributed by atoms with E-state index in [4.69, 9.17) is 22.7 Å². The van der Waals surface area contributed by atoms with Crippen LogP contribution in [0.4, 0.5) is 13.2 Å². The minimum atomic E-state index is -4.38. The molecule has 21 heavy (non-hydrogen) atoms. The van der Waals surface area contributed by atoms with E-state index < -0.39 is 11.7 Å². The number of aromatic nitrogens is 1. The SMILES string of the molecule is Cc1ccc(C(N)=S)c(Oc2ccc(C(F)(F)F)cc2)n1. The van der Waals surface area contributed by atoms with E-state index in [1.54, 1.807) is 19.1 Å². The highest BCUT2D eigenvalue weighted by atomic mass is 32.1. The van der Waals surface area contributed by atoms with E-state index in [9.17, 15) is 13.2 Å². The fourth-order valence-corrected chi connectivity index (χ4v) is 1.78. The van der Waals surface area contributed by atoms with E-state index in [0.717, 1.165) is 12.1 Å². The standard InChI is InChI=1S/C14H11F3N2OS/c1-8-2-7-11(12(18)21)13(19-8)20-10-5-3-9(4-6-10)14(15,16)17/h2-7H,1H3,(H2,18,21). The van der Waals surface area contributed by atoms with Crippen molar-refractivity contribution in [1.29, 1.82) is 0 Å². The Hall–Kier alpha value is -2.15. The first-order valence-electron chi connectivity index (χ1n) is 5.90. The predicted octanol–water partition coefficient (Wildman–Crippen LogP) is 3.84. The highest BCUT2D eigenvalue weighted by Crippen LogP contribution is 2.31. The topological polar surface area (TPSA) is 48.1 Å². The van der Waals surface area contributed by atoms with Gasteiger partial charge in [0.1, 0.15) is 10.7 Å². The predicted molar refractivity (Wildman–Crippen MR) is 76.4 cm³/mol. The van der Waals surface area contributed by atoms with Crippen LogP contribution in [0.5, 0.6) is 11.6 Å². The fraction of sp³-hybridized carbons (Fsp3) is 0.143. The minimum absolute atomic E-state index is 0.101. The number of benzene rings is 1. The summed E-state index contributed by atoms with van der Waals surface area (Å²) in [7, 11) is 0. The van der Waals surface area contributed by atoms with Crippen molar-refractivity contribution >= 4 is 17.2 Å². The molecule has 0 aliphatic heterocycles. The largest absolute Gasteiger partial charge is 0.438 e. The molecule has 0 bridgehead atoms. The van der Waals surface area contributed by atoms with E-state index >= 15 is 0 Å². The third kappa shape index (κ3) is 3.69. The Kier molecular flexibility index (Phi) is 4.13. The maximum atomic E-state index is 12.5. The lowest BCUT2D eigenvalue weighted by Crippen LogP contribution is -2.12. The van der Waals surface area contributed by atoms with Crippen molar-refractivity contribution in [3.05, 3.63) is 53.2 Å². The van der Waals surface area contributed by atoms with Gasteiger partial charge in [0.2, 0.25) is 5.88 Å². The van der Waals surface area contributed by atoms with Crippen molar-refractivity contribution in [2.24, 2.45) is 5.73 Å². The van der Waals surface area contributed by atoms with Crippen LogP contribution in [0.3, 0.4) is 0 Å². The Bertz CT molecular complexity index is 669. The van der Waals surface area contributed by atoms with Gasteiger partial charge in [0, 0.05) is 5.69 Å². The molecule has 0 radical (unpaired) electrons. The third-order valence-corrected chi connectivity index (χ3v) is 2.88. The summed E-state index contributed by atoms with van der Waals surface area (Å²) in [6, 6.07) is 7.68. The second-order valence-electron chi connectivity index (χ2n) is 4.29. The van der Waals surface area contributed by atoms with Crippen LogP contribution >= 0.6 is 12.2 Å². The second-order valence-corrected chi connectivity index (χ2v) is 4.73. The monoisotopic (exact) mass is 312 g/mol. The molecule has 7 heteroatoms. The van der Waals surface area contributed by atoms with Crippen LogP contribution in [0.1, 0.15) is 16.8 Å². The van der Waals surface area contributed by atoms with Gasteiger partial charge in [0.15, 0.2) is 0 Å². The zero-order chi connectivity index (χ0) is 15.6. The average molecular weight is 312 g/mol. The second kappa shape index (κ2) is 5.69. The Morgan fingerprint density at radius 3 is 2.29 bits per heavy atom. The summed E-state index contributed by atoms with van der Waals surface area (Å²) < 4.78 is 42.9. The highest BCUT2D eigenvalue weighted by molar-refractivity contribution is 7.80. The van der Waals surface area contributed by atoms with Crippen LogP contribution in [-0.2, 0) is 6.18 Å². The summed E-state index contributed by atoms with van der Waals surface area (Å²) in [6.07, 6.45) is -4.38. The molecule has 0 spiro atoms. The van der Waals surface area contributed by atoms with Crippen molar-refractivity contribution in [1.82, 2.24) is 4.98 Å². The molecule has 1 heterocycles. The van der Waals surface area contributed by atoms with Gasteiger partial charge in [0.25, 0.3) is 0 Å². The zero-order valence-corrected chi connectivity index (χ0v) is 11.8. The quantitative estimate of drug-likeness (QED) is 0.875. The molecule has 0 amide bonds. The molecule has 2 aromatic rings. The molecule has 110 valence electrons. The lowest BCUT2D eigenvalue weighted by atomic mass is 10.2. The smallest absolute Gasteiger partial charge is 0.416 e. The molecule has 0 unspecified atom stereocenters. The van der Waals surface area contributed by atoms with Crippen LogP contribution in [-0.4, -0.2) is 9.97 Å². The van der Waals surface area contributed by atoms with Gasteiger partial charge in [-0.25, -0.2) is 4.98 Å². The van der Waals surface area contributed by atoms with Gasteiger partial charge in [-0.3, -0.25) is 0 Å². The van der Waals surface area contributed by atoms with Gasteiger partial charge in [0.05, 0.1) is 11.1 Å². The van der Waals surface area contributed by atoms with Gasteiger partial charge >= 0.3 is 6.18 Å². The first-order chi connectivity index (χ1) is 9.77. The summed E-state index contributed by atoms with van der Waals surface area (Å²) in [5, 5.41) is 0. The van der Waals surface area contributed by atoms with E-state index in [-0.39, 0.29) is 16.6 Å². The van der Waals surface area contributed by atoms with Gasteiger partial charge in [-0.15, -0.1) is 0 Å². The number of nitrogens with two attached hydrogens (primary N) is 1. The normalized spacial score (nSPS) is 11.2. The highest BCUT2D eigenvalue weighted by Gasteiger charge is 2.30. The van der Waals surface area contributed by atoms with Gasteiger partial charge in [-0.05, 0) is 43.3 Å². The molecular formula is C14H11F3N2OS. The van der Waals surface area contributed by atoms with Crippen molar-refractivity contribution in [3.63, 3.8) is 0 Å². The zero-order valence-electron chi connectivity index (χ0n) is 10.9. The summed E-state index contributed by atoms with van der Waals surface area (Å²) in [6.45, 7) is 1.75. The molecule has 0 saturated heterocycles. The summed E-state index contributed by atoms with van der Waals surface area (Å²) >= 11 is 4.89. The molecule has 2 rings (SSSR count). The minimum Gasteiger partial charge on any atom is -0.438 e. The average Bonchev–Trinajstić information content (AvgIpc) is 2.38. The van der Waals surface area contributed by atoms with Gasteiger partial charge < -0.3 is 10.5 Å². The summed E-state index contributed by atoms with van der Waals surface area (Å²) in [5.74, 6) is 0.390. The molecule has 3 nitrogen and oxygen atoms in total. The van der Waals surface area contributed by atoms with Crippen molar-refractivity contribution < 1.29 is 17.9 Å². The van der Waals surface area contributed by atoms with Crippen LogP contribution in [0.2, 0.25) is 0 Å². The number of alkyl halides is 3. The molecule has 1 aromatic heterocycles. The Morgan fingerprint density at radius 2 is 1.76 bits per heavy atom. The number of pyridine rings is 1. The van der Waals surface area contributed by atoms with Gasteiger partial charge in [-0.2, -0.15) is 13.2 Å². The molecule has 2 N–H and O–H groups in total. The van der Waals surface area contributed by atoms with Crippen molar-refractivity contribution in [3.8, 4) is 11.6 Å². The van der Waals surface area contributed by atoms with Crippen molar-refractivity contribution in [2.75, 3.05) is 0 Å². The summed E-state index contributed by atoms with van der Waals surface area (Å²) in [5.41, 5.74) is 5.92. The molecule has 1 aromatic carbocycles. The van der Waals surface area contributed by atoms with Gasteiger partial charge in [-0.1, -0.05) is 12.2 Å². The Labute approximate surface area is 124 Å². The van der Waals surface area contributed by atoms with E-state index in [1.165, 1.54) is 12.1 Å². The molecule has 0 fully saturated rings. The van der Waals surface area contributed by atoms with Crippen molar-refractivity contribution in [2.45, 2.75) is 13.1 Å². The maximum absolute atomic E-state index is 12.5. The van der Waals surface area contributed by atoms with Crippen LogP contribution in [0.25, 0.3) is 0 Å². The third-order valence-electron chi connectivity index (χ3n) is 2.66. The lowest BCUT2D eigenvalue weighted by molar-refractivity contribution is -0.137. The van der Waals surface area contributed by atoms with Crippen LogP contribution in [0, 0.1) is 6.92 Å². The number of rotatable bonds is 3. The number of hydrogen-bond donors (Lipinski definition) is 1. The number of nitrogens with zero attached hydrogens (tertiary/aromatic N) is 1. The fourth-order valence-electron chi connectivity index (χ4n) is 1.62. The first kappa shape index (κ1) is 15.2. The van der Waals surface area contributed by atoms with Crippen LogP contribution < -0.4 is 10.5 Å². The number of ether oxygens (including phenoxy) is 1. The molecular weight excluding hydrogens is 301 g/mol. The Morgan fingerprint density at radius 1 is 1.14 bits per heavy atom. The molecule has 0 atom stereocenters. The van der Waals surface area contributed by atoms with E-state index in [2.05, 4.69) is 4.98 Å². The number of thiocarbonyl (C=S) groups is 1. The first-order valence-corrected chi connectivity index (χ1v) is 6.31. The molecule has 0 aliphatic rings. The molecule has 0 aliphatic carbocycles. The van der Waals surface area contributed by atoms with E-state index in [1.807, 2.05) is 0 Å².